The number of halogens is 6. The molecule has 0 aromatic carbocycles. The number of carbonyl (C=O) groups is 2. The minimum Gasteiger partial charge on any atom is -0.444 e. The molecule has 0 spiro atoms. The summed E-state index contributed by atoms with van der Waals surface area (Å²) in [5.74, 6) is 0.517. The summed E-state index contributed by atoms with van der Waals surface area (Å²) in [7, 11) is 0. The van der Waals surface area contributed by atoms with Crippen LogP contribution >= 0.6 is 22.7 Å². The second-order valence-electron chi connectivity index (χ2n) is 20.2. The lowest BCUT2D eigenvalue weighted by atomic mass is 9.95. The molecule has 0 unspecified atom stereocenters. The molecular formula is C47H55F6N11O3S2. The van der Waals surface area contributed by atoms with E-state index < -0.39 is 40.2 Å². The lowest BCUT2D eigenvalue weighted by Crippen LogP contribution is -2.41. The molecule has 0 N–H and O–H groups in total. The number of likely N-dealkylation sites (tertiary alicyclic amines) is 2. The maximum atomic E-state index is 13.5. The average Bonchev–Trinajstić information content (AvgIpc) is 4.06. The Morgan fingerprint density at radius 3 is 1.54 bits per heavy atom. The van der Waals surface area contributed by atoms with Crippen molar-refractivity contribution in [2.45, 2.75) is 135 Å². The first kappa shape index (κ1) is 51.2. The predicted octanol–water partition coefficient (Wildman–Crippen LogP) is 11.1. The number of hydrogen-bond acceptors (Lipinski definition) is 13. The van der Waals surface area contributed by atoms with E-state index in [9.17, 15) is 35.9 Å². The van der Waals surface area contributed by atoms with Crippen LogP contribution in [0.3, 0.4) is 0 Å². The number of imidazole rings is 1. The number of nitrogens with zero attached hydrogens (tertiary/aromatic N) is 11. The van der Waals surface area contributed by atoms with E-state index in [4.69, 9.17) is 4.74 Å². The molecule has 6 aromatic rings. The van der Waals surface area contributed by atoms with E-state index in [0.717, 1.165) is 53.3 Å². The van der Waals surface area contributed by atoms with Crippen LogP contribution < -0.4 is 0 Å². The van der Waals surface area contributed by atoms with E-state index in [1.54, 1.807) is 80.4 Å². The Morgan fingerprint density at radius 2 is 1.10 bits per heavy atom. The Bertz CT molecular complexity index is 2710. The van der Waals surface area contributed by atoms with Crippen LogP contribution in [0.5, 0.6) is 0 Å². The first-order chi connectivity index (χ1) is 32.1. The highest BCUT2D eigenvalue weighted by molar-refractivity contribution is 7.10. The van der Waals surface area contributed by atoms with Crippen molar-refractivity contribution in [3.8, 4) is 22.8 Å². The van der Waals surface area contributed by atoms with Gasteiger partial charge < -0.3 is 19.1 Å². The zero-order valence-electron chi connectivity index (χ0n) is 39.9. The fourth-order valence-electron chi connectivity index (χ4n) is 7.57. The van der Waals surface area contributed by atoms with Crippen molar-refractivity contribution in [3.63, 3.8) is 0 Å². The van der Waals surface area contributed by atoms with Gasteiger partial charge in [0.2, 0.25) is 5.91 Å². The Labute approximate surface area is 404 Å². The summed E-state index contributed by atoms with van der Waals surface area (Å²) in [6.45, 7) is 18.6. The van der Waals surface area contributed by atoms with Crippen LogP contribution in [0, 0.1) is 0 Å². The van der Waals surface area contributed by atoms with Crippen LogP contribution in [0.4, 0.5) is 31.1 Å². The SMILES string of the molecule is CC(C)(C)OC(=O)N1CCC(c2nc(-c3cc(C(F)(F)F)nc(C(C)(C)C)n3)cs2)CC1.CC(C)(C)c1nc(-c2csc(C3CCN(C(=O)Cn4cnc5cccnc54)CC3)n2)cc(C(F)(F)F)n1. The van der Waals surface area contributed by atoms with E-state index in [2.05, 4.69) is 39.9 Å². The van der Waals surface area contributed by atoms with Crippen molar-refractivity contribution >= 4 is 45.8 Å². The lowest BCUT2D eigenvalue weighted by Gasteiger charge is -2.32. The third kappa shape index (κ3) is 12.8. The molecule has 370 valence electrons. The van der Waals surface area contributed by atoms with Gasteiger partial charge in [-0.3, -0.25) is 4.79 Å². The standard InChI is InChI=1S/C25H26F3N7OS.C22H29F3N4O2S/c1-24(2,3)23-32-17(11-19(33-23)25(26,27)28)18-13-37-22(31-18)15-6-9-34(10-7-15)20(36)12-35-14-30-16-5-4-8-29-21(16)35;1-20(2,3)18-27-14(11-16(28-18)22(23,24)25)15-12-32-17(26-15)13-7-9-29(10-8-13)19(30)31-21(4,5)6/h4-5,8,11,13-15H,6-7,9-10,12H2,1-3H3;11-13H,7-10H2,1-6H3. The second-order valence-corrected chi connectivity index (χ2v) is 22.0. The first-order valence-corrected chi connectivity index (χ1v) is 24.2. The van der Waals surface area contributed by atoms with Gasteiger partial charge in [-0.25, -0.2) is 44.7 Å². The normalized spacial score (nSPS) is 15.9. The average molecular weight is 1000 g/mol. The van der Waals surface area contributed by atoms with Gasteiger partial charge in [0, 0.05) is 65.8 Å². The van der Waals surface area contributed by atoms with Gasteiger partial charge in [-0.1, -0.05) is 41.5 Å². The molecule has 6 aromatic heterocycles. The van der Waals surface area contributed by atoms with Gasteiger partial charge in [-0.2, -0.15) is 26.3 Å². The van der Waals surface area contributed by atoms with Crippen molar-refractivity contribution in [2.24, 2.45) is 0 Å². The van der Waals surface area contributed by atoms with Crippen molar-refractivity contribution < 1.29 is 40.7 Å². The molecule has 2 fully saturated rings. The molecule has 2 aliphatic rings. The van der Waals surface area contributed by atoms with Gasteiger partial charge in [0.05, 0.1) is 39.1 Å². The van der Waals surface area contributed by atoms with Crippen LogP contribution in [-0.2, 0) is 39.3 Å². The number of amides is 2. The summed E-state index contributed by atoms with van der Waals surface area (Å²) in [6, 6.07) is 5.58. The molecule has 2 amide bonds. The number of hydrogen-bond donors (Lipinski definition) is 0. The number of alkyl halides is 6. The monoisotopic (exact) mass is 999 g/mol. The number of aromatic nitrogens is 9. The fraction of sp³-hybridized carbons (Fsp3) is 0.532. The molecule has 69 heavy (non-hydrogen) atoms. The topological polar surface area (TPSA) is 158 Å². The van der Waals surface area contributed by atoms with Crippen LogP contribution in [0.2, 0.25) is 0 Å². The van der Waals surface area contributed by atoms with Crippen molar-refractivity contribution in [3.05, 3.63) is 80.6 Å². The zero-order valence-corrected chi connectivity index (χ0v) is 41.5. The summed E-state index contributed by atoms with van der Waals surface area (Å²) >= 11 is 2.83. The molecule has 0 radical (unpaired) electrons. The third-order valence-corrected chi connectivity index (χ3v) is 13.3. The maximum absolute atomic E-state index is 13.5. The summed E-state index contributed by atoms with van der Waals surface area (Å²) in [5.41, 5.74) is -1.17. The van der Waals surface area contributed by atoms with Crippen LogP contribution in [0.1, 0.15) is 133 Å². The highest BCUT2D eigenvalue weighted by Gasteiger charge is 2.37. The van der Waals surface area contributed by atoms with E-state index in [1.165, 1.54) is 22.7 Å². The summed E-state index contributed by atoms with van der Waals surface area (Å²) in [6.07, 6.45) is -3.27. The van der Waals surface area contributed by atoms with Crippen LogP contribution in [-0.4, -0.2) is 98.0 Å². The number of rotatable bonds is 6. The first-order valence-electron chi connectivity index (χ1n) is 22.5. The smallest absolute Gasteiger partial charge is 0.433 e. The largest absolute Gasteiger partial charge is 0.444 e. The number of thiazole rings is 2. The quantitative estimate of drug-likeness (QED) is 0.146. The summed E-state index contributed by atoms with van der Waals surface area (Å²) < 4.78 is 87.9. The number of pyridine rings is 1. The molecular weight excluding hydrogens is 945 g/mol. The lowest BCUT2D eigenvalue weighted by molar-refractivity contribution is -0.142. The van der Waals surface area contributed by atoms with E-state index in [-0.39, 0.29) is 53.4 Å². The highest BCUT2D eigenvalue weighted by atomic mass is 32.1. The molecule has 14 nitrogen and oxygen atoms in total. The summed E-state index contributed by atoms with van der Waals surface area (Å²) in [5, 5.41) is 5.17. The number of ether oxygens (including phenoxy) is 1. The Balaban J connectivity index is 0.000000206. The highest BCUT2D eigenvalue weighted by Crippen LogP contribution is 2.38. The van der Waals surface area contributed by atoms with Gasteiger partial charge in [-0.05, 0) is 70.7 Å². The van der Waals surface area contributed by atoms with Gasteiger partial charge in [0.1, 0.15) is 40.7 Å². The second kappa shape index (κ2) is 19.6. The van der Waals surface area contributed by atoms with Gasteiger partial charge in [-0.15, -0.1) is 22.7 Å². The number of piperidine rings is 2. The molecule has 0 saturated carbocycles. The molecule has 22 heteroatoms. The maximum Gasteiger partial charge on any atom is 0.433 e. The number of carbonyl (C=O) groups excluding carboxylic acids is 2. The predicted molar refractivity (Wildman–Crippen MR) is 250 cm³/mol. The Kier molecular flexibility index (Phi) is 14.6. The van der Waals surface area contributed by atoms with E-state index >= 15 is 0 Å². The molecule has 2 aliphatic heterocycles. The Hall–Kier alpha value is -5.64. The van der Waals surface area contributed by atoms with E-state index in [0.29, 0.717) is 43.2 Å². The molecule has 2 saturated heterocycles. The van der Waals surface area contributed by atoms with Crippen molar-refractivity contribution in [1.29, 1.82) is 0 Å². The molecule has 0 bridgehead atoms. The summed E-state index contributed by atoms with van der Waals surface area (Å²) in [4.78, 5) is 62.8. The molecule has 0 atom stereocenters. The van der Waals surface area contributed by atoms with Crippen molar-refractivity contribution in [1.82, 2.24) is 54.2 Å². The van der Waals surface area contributed by atoms with Gasteiger partial charge in [0.15, 0.2) is 5.65 Å². The van der Waals surface area contributed by atoms with Crippen molar-refractivity contribution in [2.75, 3.05) is 26.2 Å². The van der Waals surface area contributed by atoms with Crippen LogP contribution in [0.25, 0.3) is 33.9 Å². The third-order valence-electron chi connectivity index (χ3n) is 11.3. The van der Waals surface area contributed by atoms with Gasteiger partial charge in [0.25, 0.3) is 0 Å². The minimum absolute atomic E-state index is 0.00129. The minimum atomic E-state index is -4.57. The molecule has 8 heterocycles. The fourth-order valence-corrected chi connectivity index (χ4v) is 9.54. The number of fused-ring (bicyclic) bond motifs is 1. The van der Waals surface area contributed by atoms with Gasteiger partial charge >= 0.3 is 18.4 Å². The van der Waals surface area contributed by atoms with E-state index in [1.807, 2.05) is 31.7 Å². The zero-order chi connectivity index (χ0) is 50.3. The molecule has 8 rings (SSSR count). The molecule has 0 aliphatic carbocycles. The van der Waals surface area contributed by atoms with Crippen LogP contribution in [0.15, 0.2) is 47.5 Å². The Morgan fingerprint density at radius 1 is 0.638 bits per heavy atom.